The first-order chi connectivity index (χ1) is 9.60. The van der Waals surface area contributed by atoms with Crippen LogP contribution in [0, 0.1) is 5.92 Å². The summed E-state index contributed by atoms with van der Waals surface area (Å²) in [5, 5.41) is 0. The van der Waals surface area contributed by atoms with Crippen molar-refractivity contribution in [3.05, 3.63) is 0 Å². The second-order valence-electron chi connectivity index (χ2n) is 8.40. The third kappa shape index (κ3) is 17.9. The zero-order valence-electron chi connectivity index (χ0n) is 15.8. The molecule has 0 rings (SSSR count). The number of hydrogen-bond donors (Lipinski definition) is 0. The van der Waals surface area contributed by atoms with Crippen molar-refractivity contribution in [2.75, 3.05) is 13.2 Å². The Morgan fingerprint density at radius 3 is 1.67 bits per heavy atom. The molecule has 0 aromatic heterocycles. The van der Waals surface area contributed by atoms with Crippen LogP contribution in [0.4, 0.5) is 0 Å². The molecule has 0 amide bonds. The number of ether oxygens (including phenoxy) is 2. The highest BCUT2D eigenvalue weighted by Gasteiger charge is 2.12. The van der Waals surface area contributed by atoms with E-state index >= 15 is 0 Å². The summed E-state index contributed by atoms with van der Waals surface area (Å²) in [6.07, 6.45) is 9.21. The molecule has 1 unspecified atom stereocenters. The Kier molecular flexibility index (Phi) is 10.6. The van der Waals surface area contributed by atoms with Crippen LogP contribution in [0.3, 0.4) is 0 Å². The van der Waals surface area contributed by atoms with E-state index in [1.54, 1.807) is 0 Å². The van der Waals surface area contributed by atoms with Gasteiger partial charge in [-0.2, -0.15) is 0 Å². The highest BCUT2D eigenvalue weighted by atomic mass is 16.5. The van der Waals surface area contributed by atoms with E-state index in [1.807, 2.05) is 0 Å². The zero-order valence-corrected chi connectivity index (χ0v) is 15.8. The highest BCUT2D eigenvalue weighted by molar-refractivity contribution is 4.61. The number of unbranched alkanes of at least 4 members (excludes halogenated alkanes) is 5. The minimum atomic E-state index is 0.00336. The maximum atomic E-state index is 5.83. The van der Waals surface area contributed by atoms with Crippen molar-refractivity contribution in [3.8, 4) is 0 Å². The smallest absolute Gasteiger partial charge is 0.0598 e. The first-order valence-corrected chi connectivity index (χ1v) is 8.88. The SMILES string of the molecule is CC(CCCCCCCCOC(C)(C)C)COC(C)(C)C. The van der Waals surface area contributed by atoms with Crippen LogP contribution in [0.5, 0.6) is 0 Å². The molecule has 0 aromatic carbocycles. The summed E-state index contributed by atoms with van der Waals surface area (Å²) in [7, 11) is 0. The fourth-order valence-corrected chi connectivity index (χ4v) is 2.16. The predicted octanol–water partition coefficient (Wildman–Crippen LogP) is 5.98. The van der Waals surface area contributed by atoms with Crippen LogP contribution in [0.25, 0.3) is 0 Å². The average molecular weight is 301 g/mol. The zero-order chi connectivity index (χ0) is 16.4. The quantitative estimate of drug-likeness (QED) is 0.437. The van der Waals surface area contributed by atoms with E-state index < -0.39 is 0 Å². The standard InChI is InChI=1S/C19H40O2/c1-17(16-21-19(5,6)7)14-12-10-8-9-11-13-15-20-18(2,3)4/h17H,8-16H2,1-7H3. The molecule has 0 saturated heterocycles. The fourth-order valence-electron chi connectivity index (χ4n) is 2.16. The molecule has 2 heteroatoms. The van der Waals surface area contributed by atoms with Gasteiger partial charge in [0.2, 0.25) is 0 Å². The Morgan fingerprint density at radius 1 is 0.667 bits per heavy atom. The maximum Gasteiger partial charge on any atom is 0.0598 e. The van der Waals surface area contributed by atoms with E-state index in [0.717, 1.165) is 13.2 Å². The lowest BCUT2D eigenvalue weighted by molar-refractivity contribution is -0.0209. The predicted molar refractivity (Wildman–Crippen MR) is 92.9 cm³/mol. The van der Waals surface area contributed by atoms with Gasteiger partial charge in [-0.1, -0.05) is 39.0 Å². The molecule has 0 spiro atoms. The molecule has 0 aliphatic rings. The van der Waals surface area contributed by atoms with E-state index in [2.05, 4.69) is 48.5 Å². The van der Waals surface area contributed by atoms with Gasteiger partial charge in [0.1, 0.15) is 0 Å². The summed E-state index contributed by atoms with van der Waals surface area (Å²) < 4.78 is 11.6. The fraction of sp³-hybridized carbons (Fsp3) is 1.00. The molecule has 0 fully saturated rings. The van der Waals surface area contributed by atoms with E-state index in [9.17, 15) is 0 Å². The van der Waals surface area contributed by atoms with Crippen molar-refractivity contribution in [1.82, 2.24) is 0 Å². The van der Waals surface area contributed by atoms with Gasteiger partial charge in [-0.3, -0.25) is 0 Å². The average Bonchev–Trinajstić information content (AvgIpc) is 2.32. The van der Waals surface area contributed by atoms with Crippen molar-refractivity contribution in [2.45, 2.75) is 105 Å². The Balaban J connectivity index is 3.29. The van der Waals surface area contributed by atoms with Crippen LogP contribution in [0.2, 0.25) is 0 Å². The Bertz CT molecular complexity index is 235. The lowest BCUT2D eigenvalue weighted by Crippen LogP contribution is -2.22. The molecule has 0 aliphatic carbocycles. The summed E-state index contributed by atoms with van der Waals surface area (Å²) in [5.41, 5.74) is 0.0225. The van der Waals surface area contributed by atoms with Crippen molar-refractivity contribution >= 4 is 0 Å². The van der Waals surface area contributed by atoms with E-state index in [-0.39, 0.29) is 11.2 Å². The van der Waals surface area contributed by atoms with Gasteiger partial charge in [0.15, 0.2) is 0 Å². The second kappa shape index (κ2) is 10.6. The van der Waals surface area contributed by atoms with Gasteiger partial charge in [0, 0.05) is 13.2 Å². The molecule has 21 heavy (non-hydrogen) atoms. The van der Waals surface area contributed by atoms with Crippen LogP contribution >= 0.6 is 0 Å². The normalized spacial score (nSPS) is 14.4. The van der Waals surface area contributed by atoms with Crippen molar-refractivity contribution < 1.29 is 9.47 Å². The van der Waals surface area contributed by atoms with Crippen molar-refractivity contribution in [2.24, 2.45) is 5.92 Å². The summed E-state index contributed by atoms with van der Waals surface area (Å²) in [6.45, 7) is 16.9. The summed E-state index contributed by atoms with van der Waals surface area (Å²) in [4.78, 5) is 0. The molecule has 0 heterocycles. The molecule has 128 valence electrons. The van der Waals surface area contributed by atoms with Gasteiger partial charge < -0.3 is 9.47 Å². The van der Waals surface area contributed by atoms with E-state index in [1.165, 1.54) is 44.9 Å². The highest BCUT2D eigenvalue weighted by Crippen LogP contribution is 2.16. The lowest BCUT2D eigenvalue weighted by atomic mass is 10.0. The molecule has 1 atom stereocenters. The molecule has 0 bridgehead atoms. The third-order valence-electron chi connectivity index (χ3n) is 3.43. The molecule has 2 nitrogen and oxygen atoms in total. The minimum absolute atomic E-state index is 0.00336. The maximum absolute atomic E-state index is 5.83. The topological polar surface area (TPSA) is 18.5 Å². The molecule has 0 radical (unpaired) electrons. The summed E-state index contributed by atoms with van der Waals surface area (Å²) >= 11 is 0. The van der Waals surface area contributed by atoms with Gasteiger partial charge >= 0.3 is 0 Å². The second-order valence-corrected chi connectivity index (χ2v) is 8.40. The van der Waals surface area contributed by atoms with Crippen LogP contribution < -0.4 is 0 Å². The van der Waals surface area contributed by atoms with E-state index in [4.69, 9.17) is 9.47 Å². The molecule has 0 aromatic rings. The molecular formula is C19H40O2. The van der Waals surface area contributed by atoms with Gasteiger partial charge in [-0.15, -0.1) is 0 Å². The van der Waals surface area contributed by atoms with Crippen LogP contribution in [-0.2, 0) is 9.47 Å². The van der Waals surface area contributed by atoms with Crippen LogP contribution in [0.1, 0.15) is 93.4 Å². The van der Waals surface area contributed by atoms with Gasteiger partial charge in [-0.25, -0.2) is 0 Å². The molecule has 0 N–H and O–H groups in total. The summed E-state index contributed by atoms with van der Waals surface area (Å²) in [5.74, 6) is 0.685. The van der Waals surface area contributed by atoms with Crippen LogP contribution in [0.15, 0.2) is 0 Å². The first-order valence-electron chi connectivity index (χ1n) is 8.88. The molecule has 0 aliphatic heterocycles. The van der Waals surface area contributed by atoms with Gasteiger partial charge in [0.05, 0.1) is 11.2 Å². The Labute approximate surface area is 134 Å². The largest absolute Gasteiger partial charge is 0.376 e. The van der Waals surface area contributed by atoms with Gasteiger partial charge in [-0.05, 0) is 60.3 Å². The Morgan fingerprint density at radius 2 is 1.14 bits per heavy atom. The Hall–Kier alpha value is -0.0800. The summed E-state index contributed by atoms with van der Waals surface area (Å²) in [6, 6.07) is 0. The monoisotopic (exact) mass is 300 g/mol. The number of hydrogen-bond acceptors (Lipinski definition) is 2. The third-order valence-corrected chi connectivity index (χ3v) is 3.43. The van der Waals surface area contributed by atoms with E-state index in [0.29, 0.717) is 5.92 Å². The number of rotatable bonds is 11. The minimum Gasteiger partial charge on any atom is -0.376 e. The van der Waals surface area contributed by atoms with Gasteiger partial charge in [0.25, 0.3) is 0 Å². The van der Waals surface area contributed by atoms with Crippen LogP contribution in [-0.4, -0.2) is 24.4 Å². The first kappa shape index (κ1) is 20.9. The molecule has 0 saturated carbocycles. The van der Waals surface area contributed by atoms with Crippen molar-refractivity contribution in [1.29, 1.82) is 0 Å². The lowest BCUT2D eigenvalue weighted by Gasteiger charge is -2.22. The molecular weight excluding hydrogens is 260 g/mol. The van der Waals surface area contributed by atoms with Crippen molar-refractivity contribution in [3.63, 3.8) is 0 Å².